The van der Waals surface area contributed by atoms with Crippen LogP contribution in [0.2, 0.25) is 0 Å². The van der Waals surface area contributed by atoms with Gasteiger partial charge in [0.2, 0.25) is 0 Å². The molecule has 0 spiro atoms. The van der Waals surface area contributed by atoms with E-state index in [2.05, 4.69) is 425 Å². The Kier molecular flexibility index (Phi) is 15.8. The van der Waals surface area contributed by atoms with Gasteiger partial charge in [-0.3, -0.25) is 0 Å². The summed E-state index contributed by atoms with van der Waals surface area (Å²) in [6, 6.07) is 161. The van der Waals surface area contributed by atoms with E-state index in [9.17, 15) is 0 Å². The molecule has 0 N–H and O–H groups in total. The molecule has 17 aromatic rings. The third-order valence-corrected chi connectivity index (χ3v) is 21.3. The molecule has 0 saturated heterocycles. The molecule has 0 aromatic heterocycles. The van der Waals surface area contributed by atoms with Crippen molar-refractivity contribution in [1.29, 1.82) is 0 Å². The predicted molar refractivity (Wildman–Crippen MR) is 430 cm³/mol. The first-order chi connectivity index (χ1) is 50.7. The molecule has 0 nitrogen and oxygen atoms in total. The maximum Gasteiger partial charge on any atom is 0.0642 e. The number of rotatable bonds is 14. The maximum absolute atomic E-state index is 2.46. The van der Waals surface area contributed by atoms with Crippen LogP contribution in [-0.2, 0) is 10.8 Å². The number of hydrogen-bond donors (Lipinski definition) is 0. The molecule has 0 aliphatic heterocycles. The number of hydrogen-bond acceptors (Lipinski definition) is 0. The summed E-state index contributed by atoms with van der Waals surface area (Å²) in [5.41, 5.74) is 27.2. The SMILES string of the molecule is c1ccc(C2=C(c3ccccc3)C(c3ccccc3)(c3ccccc3)C(c3ccccc3)(c3ccccc3)c3c2c2c(-c4ccccc4)c(-c4ccccc4)c(-c4ccccc4)c(-c4ccccc4)c2c2c(-c4ccccc4)c(-c4ccccc4)c(-c4ccccc4)c(-c4ccccc4)c32)cc1. The summed E-state index contributed by atoms with van der Waals surface area (Å²) in [6.07, 6.45) is 0. The normalized spacial score (nSPS) is 13.0. The van der Waals surface area contributed by atoms with Crippen LogP contribution in [0.1, 0.15) is 44.5 Å². The van der Waals surface area contributed by atoms with Crippen molar-refractivity contribution in [2.75, 3.05) is 0 Å². The lowest BCUT2D eigenvalue weighted by Crippen LogP contribution is -2.55. The number of allylic oxidation sites excluding steroid dienone is 1. The van der Waals surface area contributed by atoms with Crippen LogP contribution >= 0.6 is 0 Å². The molecule has 0 saturated carbocycles. The minimum atomic E-state index is -1.23. The average molecular weight is 1300 g/mol. The van der Waals surface area contributed by atoms with Crippen LogP contribution in [0.5, 0.6) is 0 Å². The van der Waals surface area contributed by atoms with Crippen LogP contribution in [0.15, 0.2) is 425 Å². The van der Waals surface area contributed by atoms with Crippen molar-refractivity contribution in [2.45, 2.75) is 10.8 Å². The first-order valence-corrected chi connectivity index (χ1v) is 35.5. The Morgan fingerprint density at radius 2 is 0.314 bits per heavy atom. The molecule has 0 heteroatoms. The summed E-state index contributed by atoms with van der Waals surface area (Å²) in [5.74, 6) is 0. The van der Waals surface area contributed by atoms with E-state index in [1.165, 1.54) is 11.1 Å². The van der Waals surface area contributed by atoms with Crippen molar-refractivity contribution in [3.05, 3.63) is 469 Å². The highest BCUT2D eigenvalue weighted by Crippen LogP contribution is 2.72. The first kappa shape index (κ1) is 61.3. The van der Waals surface area contributed by atoms with Crippen molar-refractivity contribution in [1.82, 2.24) is 0 Å². The van der Waals surface area contributed by atoms with Gasteiger partial charge in [-0.05, 0) is 166 Å². The molecule has 0 unspecified atom stereocenters. The molecular weight excluding hydrogens is 1230 g/mol. The molecule has 0 fully saturated rings. The van der Waals surface area contributed by atoms with Crippen LogP contribution in [0, 0.1) is 0 Å². The molecule has 0 heterocycles. The lowest BCUT2D eigenvalue weighted by Gasteiger charge is -2.58. The fraction of sp³-hybridized carbons (Fsp3) is 0.0196. The molecule has 102 heavy (non-hydrogen) atoms. The summed E-state index contributed by atoms with van der Waals surface area (Å²) in [7, 11) is 0. The fourth-order valence-electron chi connectivity index (χ4n) is 17.6. The Labute approximate surface area is 597 Å². The average Bonchev–Trinajstić information content (AvgIpc) is 0.640. The lowest BCUT2D eigenvalue weighted by atomic mass is 9.41. The smallest absolute Gasteiger partial charge is 0.0622 e. The predicted octanol–water partition coefficient (Wildman–Crippen LogP) is 26.6. The van der Waals surface area contributed by atoms with Gasteiger partial charge in [-0.15, -0.1) is 0 Å². The van der Waals surface area contributed by atoms with E-state index in [-0.39, 0.29) is 0 Å². The van der Waals surface area contributed by atoms with E-state index >= 15 is 0 Å². The summed E-state index contributed by atoms with van der Waals surface area (Å²) >= 11 is 0. The van der Waals surface area contributed by atoms with E-state index in [0.29, 0.717) is 0 Å². The second-order valence-corrected chi connectivity index (χ2v) is 26.6. The minimum absolute atomic E-state index is 1.10. The fourth-order valence-corrected chi connectivity index (χ4v) is 17.6. The molecule has 478 valence electrons. The van der Waals surface area contributed by atoms with Crippen LogP contribution in [0.25, 0.3) is 122 Å². The van der Waals surface area contributed by atoms with Gasteiger partial charge in [0, 0.05) is 0 Å². The monoisotopic (exact) mass is 1290 g/mol. The van der Waals surface area contributed by atoms with Gasteiger partial charge in [0.05, 0.1) is 10.8 Å². The number of benzene rings is 17. The second-order valence-electron chi connectivity index (χ2n) is 26.6. The summed E-state index contributed by atoms with van der Waals surface area (Å²) < 4.78 is 0. The Balaban J connectivity index is 1.35. The van der Waals surface area contributed by atoms with E-state index in [1.54, 1.807) is 0 Å². The number of fused-ring (bicyclic) bond motifs is 6. The van der Waals surface area contributed by atoms with Gasteiger partial charge in [-0.1, -0.05) is 425 Å². The molecule has 0 atom stereocenters. The van der Waals surface area contributed by atoms with Gasteiger partial charge in [0.1, 0.15) is 0 Å². The molecule has 1 aliphatic carbocycles. The highest BCUT2D eigenvalue weighted by atomic mass is 14.6. The summed E-state index contributed by atoms with van der Waals surface area (Å²) in [5, 5.41) is 4.63. The van der Waals surface area contributed by atoms with Crippen molar-refractivity contribution in [3.63, 3.8) is 0 Å². The van der Waals surface area contributed by atoms with Crippen molar-refractivity contribution in [3.8, 4) is 89.0 Å². The third kappa shape index (κ3) is 9.82. The zero-order chi connectivity index (χ0) is 67.8. The minimum Gasteiger partial charge on any atom is -0.0622 e. The molecule has 0 amide bonds. The molecule has 0 radical (unpaired) electrons. The van der Waals surface area contributed by atoms with Crippen molar-refractivity contribution >= 4 is 32.7 Å². The standard InChI is InChI=1S/C102H70/c1-15-43-71(44-16-1)85-86(72-45-17-2-18-46-72)91(77-55-27-7-28-56-77)96-94(89(85)75-51-23-5-24-52-75)95-90(76-53-25-6-26-54-76)87(73-47-19-3-20-48-73)88(74-49-21-4-22-50-74)92(78-57-29-8-30-58-78)97(95)100-98(96)93(79-59-31-9-32-60-79)99(80-61-33-10-34-62-80)101(81-63-35-11-36-64-81,82-65-37-12-38-66-82)102(100,83-67-39-13-40-68-83)84-69-41-14-42-70-84/h1-70H. The summed E-state index contributed by atoms with van der Waals surface area (Å²) in [4.78, 5) is 0. The Bertz CT molecular complexity index is 5770. The van der Waals surface area contributed by atoms with Crippen LogP contribution < -0.4 is 0 Å². The highest BCUT2D eigenvalue weighted by Gasteiger charge is 2.64. The molecule has 0 bridgehead atoms. The highest BCUT2D eigenvalue weighted by molar-refractivity contribution is 6.37. The Morgan fingerprint density at radius 3 is 0.578 bits per heavy atom. The third-order valence-electron chi connectivity index (χ3n) is 21.3. The largest absolute Gasteiger partial charge is 0.0642 e. The Morgan fingerprint density at radius 1 is 0.127 bits per heavy atom. The van der Waals surface area contributed by atoms with Crippen LogP contribution in [0.3, 0.4) is 0 Å². The van der Waals surface area contributed by atoms with E-state index in [0.717, 1.165) is 155 Å². The zero-order valence-electron chi connectivity index (χ0n) is 56.4. The van der Waals surface area contributed by atoms with Gasteiger partial charge in [-0.2, -0.15) is 0 Å². The molecule has 18 rings (SSSR count). The summed E-state index contributed by atoms with van der Waals surface area (Å²) in [6.45, 7) is 0. The van der Waals surface area contributed by atoms with Crippen molar-refractivity contribution in [2.24, 2.45) is 0 Å². The topological polar surface area (TPSA) is 0 Å². The molecule has 1 aliphatic rings. The van der Waals surface area contributed by atoms with Gasteiger partial charge in [-0.25, -0.2) is 0 Å². The van der Waals surface area contributed by atoms with E-state index in [4.69, 9.17) is 0 Å². The second kappa shape index (κ2) is 26.3. The maximum atomic E-state index is 2.46. The Hall–Kier alpha value is -13.0. The van der Waals surface area contributed by atoms with Crippen molar-refractivity contribution < 1.29 is 0 Å². The van der Waals surface area contributed by atoms with Gasteiger partial charge in [0.25, 0.3) is 0 Å². The zero-order valence-corrected chi connectivity index (χ0v) is 56.4. The quantitative estimate of drug-likeness (QED) is 0.0952. The lowest BCUT2D eigenvalue weighted by molar-refractivity contribution is 0.445. The molecular formula is C102H70. The van der Waals surface area contributed by atoms with E-state index in [1.807, 2.05) is 0 Å². The van der Waals surface area contributed by atoms with Crippen LogP contribution in [0.4, 0.5) is 0 Å². The molecule has 17 aromatic carbocycles. The van der Waals surface area contributed by atoms with Gasteiger partial charge >= 0.3 is 0 Å². The van der Waals surface area contributed by atoms with E-state index < -0.39 is 10.8 Å². The first-order valence-electron chi connectivity index (χ1n) is 35.5. The van der Waals surface area contributed by atoms with Gasteiger partial charge in [0.15, 0.2) is 0 Å². The van der Waals surface area contributed by atoms with Crippen LogP contribution in [-0.4, -0.2) is 0 Å². The van der Waals surface area contributed by atoms with Gasteiger partial charge < -0.3 is 0 Å².